The molecule has 1 atom stereocenters. The minimum atomic E-state index is -0.687. The predicted octanol–water partition coefficient (Wildman–Crippen LogP) is 2.72. The smallest absolute Gasteiger partial charge is 0.260 e. The van der Waals surface area contributed by atoms with Crippen molar-refractivity contribution in [3.05, 3.63) is 29.6 Å². The number of phenolic OH excluding ortho intramolecular Hbond substituents is 1. The van der Waals surface area contributed by atoms with Crippen LogP contribution in [0.1, 0.15) is 42.5 Å². The largest absolute Gasteiger partial charge is 0.507 e. The SMILES string of the molecule is O=C(c1c(O)cccc1F)N1CCC(OCC2CCCCO2)CC1. The summed E-state index contributed by atoms with van der Waals surface area (Å²) in [6, 6.07) is 3.90. The van der Waals surface area contributed by atoms with E-state index in [-0.39, 0.29) is 23.5 Å². The Morgan fingerprint density at radius 2 is 2.08 bits per heavy atom. The van der Waals surface area contributed by atoms with Crippen molar-refractivity contribution in [1.82, 2.24) is 4.90 Å². The number of amides is 1. The van der Waals surface area contributed by atoms with Crippen molar-refractivity contribution in [2.45, 2.75) is 44.3 Å². The number of likely N-dealkylation sites (tertiary alicyclic amines) is 1. The lowest BCUT2D eigenvalue weighted by molar-refractivity contribution is -0.0733. The Labute approximate surface area is 141 Å². The first kappa shape index (κ1) is 17.2. The number of hydrogen-bond donors (Lipinski definition) is 1. The van der Waals surface area contributed by atoms with Gasteiger partial charge in [-0.2, -0.15) is 0 Å². The number of ether oxygens (including phenoxy) is 2. The van der Waals surface area contributed by atoms with E-state index >= 15 is 0 Å². The molecule has 0 saturated carbocycles. The second-order valence-corrected chi connectivity index (χ2v) is 6.45. The molecule has 2 aliphatic heterocycles. The first-order chi connectivity index (χ1) is 11.6. The number of carbonyl (C=O) groups is 1. The van der Waals surface area contributed by atoms with Gasteiger partial charge >= 0.3 is 0 Å². The van der Waals surface area contributed by atoms with E-state index in [9.17, 15) is 14.3 Å². The molecule has 1 aromatic rings. The molecule has 2 aliphatic rings. The Kier molecular flexibility index (Phi) is 5.68. The van der Waals surface area contributed by atoms with Crippen LogP contribution in [0, 0.1) is 5.82 Å². The van der Waals surface area contributed by atoms with Crippen LogP contribution in [0.15, 0.2) is 18.2 Å². The lowest BCUT2D eigenvalue weighted by Crippen LogP contribution is -2.42. The van der Waals surface area contributed by atoms with Gasteiger partial charge in [0.25, 0.3) is 5.91 Å². The lowest BCUT2D eigenvalue weighted by atomic mass is 10.1. The average molecular weight is 337 g/mol. The summed E-state index contributed by atoms with van der Waals surface area (Å²) in [7, 11) is 0. The standard InChI is InChI=1S/C18H24FNO4/c19-15-5-3-6-16(21)17(15)18(22)20-9-7-13(8-10-20)24-12-14-4-1-2-11-23-14/h3,5-6,13-14,21H,1-2,4,7-12H2. The second-order valence-electron chi connectivity index (χ2n) is 6.45. The summed E-state index contributed by atoms with van der Waals surface area (Å²) >= 11 is 0. The highest BCUT2D eigenvalue weighted by Gasteiger charge is 2.28. The number of phenols is 1. The van der Waals surface area contributed by atoms with Crippen LogP contribution in [0.2, 0.25) is 0 Å². The predicted molar refractivity (Wildman–Crippen MR) is 86.5 cm³/mol. The summed E-state index contributed by atoms with van der Waals surface area (Å²) in [5.41, 5.74) is -0.243. The van der Waals surface area contributed by atoms with E-state index in [1.165, 1.54) is 24.6 Å². The van der Waals surface area contributed by atoms with E-state index in [0.29, 0.717) is 32.5 Å². The first-order valence-electron chi connectivity index (χ1n) is 8.65. The molecule has 0 aliphatic carbocycles. The molecule has 2 heterocycles. The Morgan fingerprint density at radius 3 is 2.75 bits per heavy atom. The van der Waals surface area contributed by atoms with Gasteiger partial charge in [0.05, 0.1) is 18.8 Å². The fraction of sp³-hybridized carbons (Fsp3) is 0.611. The molecule has 1 N–H and O–H groups in total. The van der Waals surface area contributed by atoms with E-state index in [1.807, 2.05) is 0 Å². The van der Waals surface area contributed by atoms with Gasteiger partial charge in [0.15, 0.2) is 0 Å². The molecule has 1 aromatic carbocycles. The van der Waals surface area contributed by atoms with Crippen molar-refractivity contribution in [3.8, 4) is 5.75 Å². The Bertz CT molecular complexity index is 546. The van der Waals surface area contributed by atoms with Gasteiger partial charge < -0.3 is 19.5 Å². The van der Waals surface area contributed by atoms with Gasteiger partial charge in [0.2, 0.25) is 0 Å². The summed E-state index contributed by atoms with van der Waals surface area (Å²) in [6.07, 6.45) is 5.08. The highest BCUT2D eigenvalue weighted by molar-refractivity contribution is 5.97. The Balaban J connectivity index is 1.48. The zero-order chi connectivity index (χ0) is 16.9. The van der Waals surface area contributed by atoms with E-state index in [0.717, 1.165) is 19.4 Å². The van der Waals surface area contributed by atoms with Crippen LogP contribution in [0.3, 0.4) is 0 Å². The van der Waals surface area contributed by atoms with Crippen molar-refractivity contribution < 1.29 is 23.8 Å². The third-order valence-corrected chi connectivity index (χ3v) is 4.73. The van der Waals surface area contributed by atoms with Gasteiger partial charge in [0, 0.05) is 19.7 Å². The van der Waals surface area contributed by atoms with Crippen molar-refractivity contribution >= 4 is 5.91 Å². The van der Waals surface area contributed by atoms with E-state index in [2.05, 4.69) is 0 Å². The zero-order valence-electron chi connectivity index (χ0n) is 13.7. The van der Waals surface area contributed by atoms with Crippen molar-refractivity contribution in [2.24, 2.45) is 0 Å². The maximum Gasteiger partial charge on any atom is 0.260 e. The molecule has 2 saturated heterocycles. The number of halogens is 1. The molecule has 132 valence electrons. The summed E-state index contributed by atoms with van der Waals surface area (Å²) in [6.45, 7) is 2.42. The van der Waals surface area contributed by atoms with Gasteiger partial charge in [-0.15, -0.1) is 0 Å². The summed E-state index contributed by atoms with van der Waals surface area (Å²) in [5.74, 6) is -1.46. The highest BCUT2D eigenvalue weighted by Crippen LogP contribution is 2.24. The fourth-order valence-electron chi connectivity index (χ4n) is 3.29. The molecule has 6 heteroatoms. The number of benzene rings is 1. The molecule has 3 rings (SSSR count). The average Bonchev–Trinajstić information content (AvgIpc) is 2.61. The molecular formula is C18H24FNO4. The van der Waals surface area contributed by atoms with E-state index in [1.54, 1.807) is 4.90 Å². The number of rotatable bonds is 4. The summed E-state index contributed by atoms with van der Waals surface area (Å²) < 4.78 is 25.4. The molecule has 1 unspecified atom stereocenters. The maximum atomic E-state index is 13.8. The Hall–Kier alpha value is -1.66. The number of hydrogen-bond acceptors (Lipinski definition) is 4. The number of nitrogens with zero attached hydrogens (tertiary/aromatic N) is 1. The summed E-state index contributed by atoms with van der Waals surface area (Å²) in [5, 5.41) is 9.75. The molecule has 0 aromatic heterocycles. The van der Waals surface area contributed by atoms with Crippen molar-refractivity contribution in [3.63, 3.8) is 0 Å². The van der Waals surface area contributed by atoms with Crippen LogP contribution in [-0.2, 0) is 9.47 Å². The van der Waals surface area contributed by atoms with Gasteiger partial charge in [-0.05, 0) is 44.2 Å². The van der Waals surface area contributed by atoms with Gasteiger partial charge in [-0.25, -0.2) is 4.39 Å². The van der Waals surface area contributed by atoms with Gasteiger partial charge in [0.1, 0.15) is 17.1 Å². The monoisotopic (exact) mass is 337 g/mol. The molecule has 0 radical (unpaired) electrons. The summed E-state index contributed by atoms with van der Waals surface area (Å²) in [4.78, 5) is 14.0. The molecule has 24 heavy (non-hydrogen) atoms. The van der Waals surface area contributed by atoms with Crippen LogP contribution < -0.4 is 0 Å². The van der Waals surface area contributed by atoms with Crippen LogP contribution in [-0.4, -0.2) is 54.4 Å². The number of aromatic hydroxyl groups is 1. The van der Waals surface area contributed by atoms with E-state index in [4.69, 9.17) is 9.47 Å². The first-order valence-corrected chi connectivity index (χ1v) is 8.65. The number of piperidine rings is 1. The van der Waals surface area contributed by atoms with Gasteiger partial charge in [-0.1, -0.05) is 6.07 Å². The van der Waals surface area contributed by atoms with Crippen molar-refractivity contribution in [2.75, 3.05) is 26.3 Å². The molecule has 2 fully saturated rings. The quantitative estimate of drug-likeness (QED) is 0.918. The maximum absolute atomic E-state index is 13.8. The normalized spacial score (nSPS) is 22.5. The highest BCUT2D eigenvalue weighted by atomic mass is 19.1. The molecule has 1 amide bonds. The van der Waals surface area contributed by atoms with E-state index < -0.39 is 11.7 Å². The molecule has 5 nitrogen and oxygen atoms in total. The molecule has 0 spiro atoms. The van der Waals surface area contributed by atoms with Crippen molar-refractivity contribution in [1.29, 1.82) is 0 Å². The van der Waals surface area contributed by atoms with Crippen LogP contribution >= 0.6 is 0 Å². The third-order valence-electron chi connectivity index (χ3n) is 4.73. The fourth-order valence-corrected chi connectivity index (χ4v) is 3.29. The molecule has 0 bridgehead atoms. The van der Waals surface area contributed by atoms with Crippen LogP contribution in [0.4, 0.5) is 4.39 Å². The minimum absolute atomic E-state index is 0.105. The van der Waals surface area contributed by atoms with Crippen LogP contribution in [0.25, 0.3) is 0 Å². The number of carbonyl (C=O) groups excluding carboxylic acids is 1. The topological polar surface area (TPSA) is 59.0 Å². The third kappa shape index (κ3) is 4.05. The Morgan fingerprint density at radius 1 is 1.29 bits per heavy atom. The van der Waals surface area contributed by atoms with Gasteiger partial charge in [-0.3, -0.25) is 4.79 Å². The lowest BCUT2D eigenvalue weighted by Gasteiger charge is -2.33. The molecular weight excluding hydrogens is 313 g/mol. The minimum Gasteiger partial charge on any atom is -0.507 e. The zero-order valence-corrected chi connectivity index (χ0v) is 13.7. The second kappa shape index (κ2) is 7.94. The van der Waals surface area contributed by atoms with Crippen LogP contribution in [0.5, 0.6) is 5.75 Å².